The van der Waals surface area contributed by atoms with Crippen LogP contribution in [0.2, 0.25) is 0 Å². The van der Waals surface area contributed by atoms with Crippen LogP contribution in [0.15, 0.2) is 53.4 Å². The standard InChI is InChI=1S/C8H6S.C6H4/c1-2-7-5-3-4-6-8(7)9;1-2-6-4-3-5(1)6/h1,3-6,9H;1-4H. The van der Waals surface area contributed by atoms with Gasteiger partial charge in [0.05, 0.1) is 0 Å². The van der Waals surface area contributed by atoms with Crippen LogP contribution < -0.4 is 0 Å². The lowest BCUT2D eigenvalue weighted by atomic mass is 9.95. The van der Waals surface area contributed by atoms with Crippen molar-refractivity contribution in [3.8, 4) is 23.5 Å². The summed E-state index contributed by atoms with van der Waals surface area (Å²) < 4.78 is 0. The Labute approximate surface area is 95.4 Å². The Bertz CT molecular complexity index is 483. The van der Waals surface area contributed by atoms with Crippen LogP contribution in [0.4, 0.5) is 0 Å². The van der Waals surface area contributed by atoms with E-state index >= 15 is 0 Å². The van der Waals surface area contributed by atoms with E-state index in [1.165, 1.54) is 11.1 Å². The highest BCUT2D eigenvalue weighted by Gasteiger charge is 2.03. The van der Waals surface area contributed by atoms with E-state index in [0.29, 0.717) is 0 Å². The molecule has 0 N–H and O–H groups in total. The van der Waals surface area contributed by atoms with Crippen LogP contribution in [0.25, 0.3) is 11.1 Å². The summed E-state index contributed by atoms with van der Waals surface area (Å²) in [5.74, 6) is 2.52. The van der Waals surface area contributed by atoms with Gasteiger partial charge < -0.3 is 0 Å². The minimum atomic E-state index is 0.848. The van der Waals surface area contributed by atoms with E-state index in [1.807, 2.05) is 24.3 Å². The summed E-state index contributed by atoms with van der Waals surface area (Å²) in [4.78, 5) is 0.861. The Morgan fingerprint density at radius 2 is 1.40 bits per heavy atom. The number of hydrogen-bond donors (Lipinski definition) is 1. The van der Waals surface area contributed by atoms with Crippen LogP contribution in [0.5, 0.6) is 0 Å². The van der Waals surface area contributed by atoms with Crippen LogP contribution in [-0.2, 0) is 0 Å². The normalized spacial score (nSPS) is 9.60. The molecule has 2 aliphatic carbocycles. The van der Waals surface area contributed by atoms with Gasteiger partial charge in [0, 0.05) is 10.5 Å². The summed E-state index contributed by atoms with van der Waals surface area (Å²) in [6.07, 6.45) is 5.15. The largest absolute Gasteiger partial charge is 0.142 e. The lowest BCUT2D eigenvalue weighted by Crippen LogP contribution is -1.85. The Balaban J connectivity index is 0.000000121. The van der Waals surface area contributed by atoms with Gasteiger partial charge in [-0.25, -0.2) is 0 Å². The van der Waals surface area contributed by atoms with Gasteiger partial charge in [0.15, 0.2) is 0 Å². The van der Waals surface area contributed by atoms with Gasteiger partial charge >= 0.3 is 0 Å². The molecule has 0 saturated carbocycles. The third-order valence-corrected chi connectivity index (χ3v) is 2.67. The molecule has 0 fully saturated rings. The van der Waals surface area contributed by atoms with Crippen molar-refractivity contribution in [1.29, 1.82) is 0 Å². The molecule has 0 aliphatic heterocycles. The van der Waals surface area contributed by atoms with Crippen molar-refractivity contribution < 1.29 is 0 Å². The highest BCUT2D eigenvalue weighted by atomic mass is 32.1. The molecule has 2 aliphatic rings. The minimum Gasteiger partial charge on any atom is -0.142 e. The van der Waals surface area contributed by atoms with Crippen molar-refractivity contribution in [2.24, 2.45) is 0 Å². The molecule has 0 radical (unpaired) electrons. The summed E-state index contributed by atoms with van der Waals surface area (Å²) in [5, 5.41) is 0. The predicted octanol–water partition coefficient (Wildman–Crippen LogP) is 3.62. The molecular formula is C14H10S. The van der Waals surface area contributed by atoms with E-state index in [2.05, 4.69) is 42.8 Å². The maximum atomic E-state index is 5.15. The zero-order chi connectivity index (χ0) is 10.7. The average Bonchev–Trinajstić information content (AvgIpc) is 2.25. The molecule has 0 spiro atoms. The second kappa shape index (κ2) is 4.25. The molecule has 0 aromatic heterocycles. The summed E-state index contributed by atoms with van der Waals surface area (Å²) in [6, 6.07) is 16.0. The summed E-state index contributed by atoms with van der Waals surface area (Å²) in [7, 11) is 0. The molecular weight excluding hydrogens is 200 g/mol. The van der Waals surface area contributed by atoms with Crippen molar-refractivity contribution in [3.05, 3.63) is 54.1 Å². The smallest absolute Gasteiger partial charge is 0.0375 e. The number of fused-ring (bicyclic) bond motifs is 1. The van der Waals surface area contributed by atoms with Crippen molar-refractivity contribution in [2.45, 2.75) is 4.90 Å². The molecule has 1 aromatic carbocycles. The third kappa shape index (κ3) is 2.06. The monoisotopic (exact) mass is 210 g/mol. The Kier molecular flexibility index (Phi) is 2.80. The molecule has 15 heavy (non-hydrogen) atoms. The van der Waals surface area contributed by atoms with Gasteiger partial charge in [0.25, 0.3) is 0 Å². The first-order valence-electron chi connectivity index (χ1n) is 4.66. The van der Waals surface area contributed by atoms with Gasteiger partial charge in [-0.2, -0.15) is 0 Å². The topological polar surface area (TPSA) is 0 Å². The van der Waals surface area contributed by atoms with E-state index in [4.69, 9.17) is 6.42 Å². The molecule has 0 amide bonds. The molecule has 0 nitrogen and oxygen atoms in total. The molecule has 3 rings (SSSR count). The van der Waals surface area contributed by atoms with Crippen molar-refractivity contribution in [1.82, 2.24) is 0 Å². The molecule has 0 atom stereocenters. The van der Waals surface area contributed by atoms with Gasteiger partial charge in [-0.05, 0) is 23.3 Å². The fourth-order valence-electron chi connectivity index (χ4n) is 1.26. The van der Waals surface area contributed by atoms with Crippen LogP contribution in [0.3, 0.4) is 0 Å². The van der Waals surface area contributed by atoms with Crippen LogP contribution in [0.1, 0.15) is 5.56 Å². The van der Waals surface area contributed by atoms with Gasteiger partial charge in [-0.3, -0.25) is 0 Å². The fourth-order valence-corrected chi connectivity index (χ4v) is 1.48. The molecule has 0 heterocycles. The summed E-state index contributed by atoms with van der Waals surface area (Å²) in [6.45, 7) is 0. The Morgan fingerprint density at radius 3 is 1.67 bits per heavy atom. The number of terminal acetylenes is 1. The first-order chi connectivity index (χ1) is 7.31. The molecule has 1 heteroatoms. The maximum absolute atomic E-state index is 5.15. The number of thiol groups is 1. The highest BCUT2D eigenvalue weighted by molar-refractivity contribution is 7.80. The lowest BCUT2D eigenvalue weighted by Gasteiger charge is -2.10. The SMILES string of the molecule is C#Cc1ccccc1S.c1cc2ccc1-2. The lowest BCUT2D eigenvalue weighted by molar-refractivity contribution is 1.43. The van der Waals surface area contributed by atoms with Gasteiger partial charge in [0.2, 0.25) is 0 Å². The Morgan fingerprint density at radius 1 is 0.867 bits per heavy atom. The van der Waals surface area contributed by atoms with Crippen molar-refractivity contribution in [3.63, 3.8) is 0 Å². The van der Waals surface area contributed by atoms with E-state index in [9.17, 15) is 0 Å². The number of benzene rings is 2. The van der Waals surface area contributed by atoms with E-state index in [1.54, 1.807) is 0 Å². The summed E-state index contributed by atoms with van der Waals surface area (Å²) in [5.41, 5.74) is 3.70. The van der Waals surface area contributed by atoms with Gasteiger partial charge in [0.1, 0.15) is 0 Å². The molecule has 72 valence electrons. The Hall–Kier alpha value is -1.65. The van der Waals surface area contributed by atoms with Crippen LogP contribution >= 0.6 is 12.6 Å². The van der Waals surface area contributed by atoms with Crippen molar-refractivity contribution >= 4 is 12.6 Å². The summed E-state index contributed by atoms with van der Waals surface area (Å²) >= 11 is 4.14. The third-order valence-electron chi connectivity index (χ3n) is 2.28. The van der Waals surface area contributed by atoms with Crippen LogP contribution in [0, 0.1) is 12.3 Å². The average molecular weight is 210 g/mol. The molecule has 1 aromatic rings. The predicted molar refractivity (Wildman–Crippen MR) is 67.1 cm³/mol. The zero-order valence-corrected chi connectivity index (χ0v) is 9.04. The molecule has 0 bridgehead atoms. The first-order valence-corrected chi connectivity index (χ1v) is 5.11. The fraction of sp³-hybridized carbons (Fsp3) is 0. The van der Waals surface area contributed by atoms with E-state index in [0.717, 1.165) is 10.5 Å². The molecule has 0 unspecified atom stereocenters. The maximum Gasteiger partial charge on any atom is 0.0375 e. The van der Waals surface area contributed by atoms with E-state index < -0.39 is 0 Å². The quantitative estimate of drug-likeness (QED) is 0.425. The van der Waals surface area contributed by atoms with Gasteiger partial charge in [-0.1, -0.05) is 42.3 Å². The number of rotatable bonds is 0. The van der Waals surface area contributed by atoms with E-state index in [-0.39, 0.29) is 0 Å². The minimum absolute atomic E-state index is 0.848. The number of hydrogen-bond acceptors (Lipinski definition) is 1. The zero-order valence-electron chi connectivity index (χ0n) is 8.14. The highest BCUT2D eigenvalue weighted by Crippen LogP contribution is 2.29. The van der Waals surface area contributed by atoms with Crippen LogP contribution in [-0.4, -0.2) is 0 Å². The second-order valence-electron chi connectivity index (χ2n) is 3.24. The van der Waals surface area contributed by atoms with Crippen molar-refractivity contribution in [2.75, 3.05) is 0 Å². The molecule has 0 saturated heterocycles. The van der Waals surface area contributed by atoms with Gasteiger partial charge in [-0.15, -0.1) is 19.1 Å². The first kappa shape index (κ1) is 9.89. The second-order valence-corrected chi connectivity index (χ2v) is 3.72.